The van der Waals surface area contributed by atoms with Crippen molar-refractivity contribution in [2.45, 2.75) is 26.5 Å². The Morgan fingerprint density at radius 3 is 2.88 bits per heavy atom. The molecule has 0 unspecified atom stereocenters. The van der Waals surface area contributed by atoms with Crippen LogP contribution in [0.25, 0.3) is 0 Å². The largest absolute Gasteiger partial charge is 0.484 e. The Kier molecular flexibility index (Phi) is 4.39. The molecule has 3 aromatic rings. The fourth-order valence-electron chi connectivity index (χ4n) is 3.03. The number of aromatic nitrogens is 2. The highest BCUT2D eigenvalue weighted by Crippen LogP contribution is 2.23. The Hall–Kier alpha value is -3.15. The third kappa shape index (κ3) is 3.31. The maximum atomic E-state index is 12.7. The number of rotatable bonds is 4. The van der Waals surface area contributed by atoms with E-state index in [0.717, 1.165) is 22.9 Å². The first-order valence-electron chi connectivity index (χ1n) is 8.57. The summed E-state index contributed by atoms with van der Waals surface area (Å²) in [7, 11) is 0. The predicted octanol–water partition coefficient (Wildman–Crippen LogP) is 3.16. The van der Waals surface area contributed by atoms with Crippen LogP contribution in [-0.4, -0.2) is 27.3 Å². The number of ether oxygens (including phenoxy) is 1. The van der Waals surface area contributed by atoms with Gasteiger partial charge < -0.3 is 14.1 Å². The van der Waals surface area contributed by atoms with Gasteiger partial charge in [0.05, 0.1) is 17.8 Å². The second kappa shape index (κ2) is 7.00. The van der Waals surface area contributed by atoms with Crippen molar-refractivity contribution in [3.63, 3.8) is 0 Å². The quantitative estimate of drug-likeness (QED) is 0.724. The highest BCUT2D eigenvalue weighted by Gasteiger charge is 2.27. The Morgan fingerprint density at radius 1 is 1.23 bits per heavy atom. The van der Waals surface area contributed by atoms with E-state index in [1.807, 2.05) is 37.3 Å². The summed E-state index contributed by atoms with van der Waals surface area (Å²) in [6, 6.07) is 13.1. The molecule has 0 fully saturated rings. The van der Waals surface area contributed by atoms with Gasteiger partial charge in [-0.15, -0.1) is 0 Å². The molecule has 1 aliphatic rings. The molecule has 0 atom stereocenters. The lowest BCUT2D eigenvalue weighted by Gasteiger charge is -2.25. The summed E-state index contributed by atoms with van der Waals surface area (Å²) < 4.78 is 11.5. The van der Waals surface area contributed by atoms with Crippen molar-refractivity contribution < 1.29 is 13.9 Å². The molecule has 26 heavy (non-hydrogen) atoms. The van der Waals surface area contributed by atoms with Crippen molar-refractivity contribution in [2.75, 3.05) is 6.54 Å². The van der Waals surface area contributed by atoms with E-state index < -0.39 is 0 Å². The van der Waals surface area contributed by atoms with Crippen molar-refractivity contribution >= 4 is 5.91 Å². The highest BCUT2D eigenvalue weighted by molar-refractivity contribution is 5.95. The van der Waals surface area contributed by atoms with E-state index in [1.54, 1.807) is 23.2 Å². The van der Waals surface area contributed by atoms with Crippen molar-refractivity contribution in [3.8, 4) is 5.75 Å². The predicted molar refractivity (Wildman–Crippen MR) is 94.7 cm³/mol. The molecule has 0 aliphatic carbocycles. The van der Waals surface area contributed by atoms with Gasteiger partial charge in [-0.3, -0.25) is 9.78 Å². The molecule has 0 saturated heterocycles. The molecule has 1 aromatic carbocycles. The third-order valence-electron chi connectivity index (χ3n) is 4.41. The number of benzene rings is 1. The molecular weight excluding hydrogens is 330 g/mol. The summed E-state index contributed by atoms with van der Waals surface area (Å²) in [4.78, 5) is 23.2. The van der Waals surface area contributed by atoms with Crippen LogP contribution >= 0.6 is 0 Å². The number of amides is 1. The summed E-state index contributed by atoms with van der Waals surface area (Å²) >= 11 is 0. The van der Waals surface area contributed by atoms with Crippen LogP contribution < -0.4 is 4.74 Å². The van der Waals surface area contributed by atoms with Crippen molar-refractivity contribution in [3.05, 3.63) is 77.3 Å². The number of aryl methyl sites for hydroxylation is 1. The first kappa shape index (κ1) is 16.3. The molecule has 0 bridgehead atoms. The summed E-state index contributed by atoms with van der Waals surface area (Å²) in [5, 5.41) is 0. The summed E-state index contributed by atoms with van der Waals surface area (Å²) in [6.45, 7) is 3.15. The number of carbonyl (C=O) groups excluding carboxylic acids is 1. The second-order valence-electron chi connectivity index (χ2n) is 6.19. The Labute approximate surface area is 151 Å². The number of carbonyl (C=O) groups is 1. The van der Waals surface area contributed by atoms with Gasteiger partial charge in [0.2, 0.25) is 5.89 Å². The number of oxazole rings is 1. The normalized spacial score (nSPS) is 13.3. The molecule has 6 nitrogen and oxygen atoms in total. The minimum Gasteiger partial charge on any atom is -0.484 e. The summed E-state index contributed by atoms with van der Waals surface area (Å²) in [6.07, 6.45) is 2.37. The summed E-state index contributed by atoms with van der Waals surface area (Å²) in [5.74, 6) is 2.01. The molecule has 132 valence electrons. The molecule has 6 heteroatoms. The summed E-state index contributed by atoms with van der Waals surface area (Å²) in [5.41, 5.74) is 2.27. The Bertz CT molecular complexity index is 921. The number of nitrogens with zero attached hydrogens (tertiary/aromatic N) is 3. The maximum absolute atomic E-state index is 12.7. The molecule has 4 rings (SSSR count). The fraction of sp³-hybridized carbons (Fsp3) is 0.250. The van der Waals surface area contributed by atoms with Gasteiger partial charge in [-0.25, -0.2) is 4.98 Å². The van der Waals surface area contributed by atoms with Crippen LogP contribution in [0.5, 0.6) is 5.75 Å². The molecule has 3 heterocycles. The molecule has 0 N–H and O–H groups in total. The minimum atomic E-state index is -0.0280. The lowest BCUT2D eigenvalue weighted by atomic mass is 10.1. The number of para-hydroxylation sites is 1. The molecule has 0 spiro atoms. The standard InChI is InChI=1S/C20H19N3O3/c1-14-16(8-5-10-21-14)20(24)23-11-9-17-18(12-23)26-19(22-17)13-25-15-6-3-2-4-7-15/h2-8,10H,9,11-13H2,1H3. The Balaban J connectivity index is 1.45. The van der Waals surface area contributed by atoms with Crippen LogP contribution in [0.4, 0.5) is 0 Å². The monoisotopic (exact) mass is 349 g/mol. The molecule has 0 saturated carbocycles. The van der Waals surface area contributed by atoms with Gasteiger partial charge >= 0.3 is 0 Å². The molecule has 2 aromatic heterocycles. The van der Waals surface area contributed by atoms with E-state index in [4.69, 9.17) is 9.15 Å². The van der Waals surface area contributed by atoms with Gasteiger partial charge in [0.15, 0.2) is 6.61 Å². The van der Waals surface area contributed by atoms with Gasteiger partial charge in [0, 0.05) is 24.9 Å². The van der Waals surface area contributed by atoms with Gasteiger partial charge in [0.25, 0.3) is 5.91 Å². The van der Waals surface area contributed by atoms with Crippen LogP contribution in [-0.2, 0) is 19.6 Å². The van der Waals surface area contributed by atoms with Crippen molar-refractivity contribution in [2.24, 2.45) is 0 Å². The van der Waals surface area contributed by atoms with Crippen LogP contribution in [0.2, 0.25) is 0 Å². The van der Waals surface area contributed by atoms with E-state index in [0.29, 0.717) is 31.0 Å². The smallest absolute Gasteiger partial charge is 0.256 e. The van der Waals surface area contributed by atoms with E-state index in [2.05, 4.69) is 9.97 Å². The topological polar surface area (TPSA) is 68.5 Å². The number of hydrogen-bond donors (Lipinski definition) is 0. The van der Waals surface area contributed by atoms with Gasteiger partial charge in [-0.2, -0.15) is 0 Å². The van der Waals surface area contributed by atoms with Gasteiger partial charge in [0.1, 0.15) is 11.5 Å². The first-order chi connectivity index (χ1) is 12.7. The number of pyridine rings is 1. The van der Waals surface area contributed by atoms with Gasteiger partial charge in [-0.1, -0.05) is 18.2 Å². The zero-order valence-corrected chi connectivity index (χ0v) is 14.5. The van der Waals surface area contributed by atoms with Gasteiger partial charge in [-0.05, 0) is 31.2 Å². The lowest BCUT2D eigenvalue weighted by Crippen LogP contribution is -2.36. The van der Waals surface area contributed by atoms with Crippen molar-refractivity contribution in [1.29, 1.82) is 0 Å². The fourth-order valence-corrected chi connectivity index (χ4v) is 3.03. The van der Waals surface area contributed by atoms with Crippen LogP contribution in [0, 0.1) is 6.92 Å². The zero-order valence-electron chi connectivity index (χ0n) is 14.5. The third-order valence-corrected chi connectivity index (χ3v) is 4.41. The van der Waals surface area contributed by atoms with E-state index in [-0.39, 0.29) is 12.5 Å². The van der Waals surface area contributed by atoms with E-state index in [9.17, 15) is 4.79 Å². The molecule has 1 amide bonds. The second-order valence-corrected chi connectivity index (χ2v) is 6.19. The lowest BCUT2D eigenvalue weighted by molar-refractivity contribution is 0.0717. The van der Waals surface area contributed by atoms with Crippen LogP contribution in [0.1, 0.15) is 33.4 Å². The average Bonchev–Trinajstić information content (AvgIpc) is 3.09. The highest BCUT2D eigenvalue weighted by atomic mass is 16.5. The van der Waals surface area contributed by atoms with Crippen LogP contribution in [0.3, 0.4) is 0 Å². The number of hydrogen-bond acceptors (Lipinski definition) is 5. The first-order valence-corrected chi connectivity index (χ1v) is 8.57. The average molecular weight is 349 g/mol. The van der Waals surface area contributed by atoms with Crippen molar-refractivity contribution in [1.82, 2.24) is 14.9 Å². The number of fused-ring (bicyclic) bond motifs is 1. The van der Waals surface area contributed by atoms with E-state index in [1.165, 1.54) is 0 Å². The SMILES string of the molecule is Cc1ncccc1C(=O)N1CCc2nc(COc3ccccc3)oc2C1. The zero-order chi connectivity index (χ0) is 17.9. The molecule has 0 radical (unpaired) electrons. The molecular formula is C20H19N3O3. The van der Waals surface area contributed by atoms with E-state index >= 15 is 0 Å². The minimum absolute atomic E-state index is 0.0280. The van der Waals surface area contributed by atoms with Crippen LogP contribution in [0.15, 0.2) is 53.1 Å². The Morgan fingerprint density at radius 2 is 2.08 bits per heavy atom. The molecule has 1 aliphatic heterocycles. The maximum Gasteiger partial charge on any atom is 0.256 e.